The third-order valence-corrected chi connectivity index (χ3v) is 4.97. The van der Waals surface area contributed by atoms with Gasteiger partial charge in [0, 0.05) is 31.0 Å². The first-order chi connectivity index (χ1) is 15.9. The van der Waals surface area contributed by atoms with Crippen LogP contribution in [0.2, 0.25) is 0 Å². The number of alkyl halides is 2. The quantitative estimate of drug-likeness (QED) is 0.363. The number of fused-ring (bicyclic) bond motifs is 1. The maximum absolute atomic E-state index is 12.8. The first-order valence-electron chi connectivity index (χ1n) is 10.5. The van der Waals surface area contributed by atoms with E-state index in [4.69, 9.17) is 8.89 Å². The van der Waals surface area contributed by atoms with E-state index in [2.05, 4.69) is 21.7 Å². The minimum atomic E-state index is -2.51. The molecule has 0 aliphatic carbocycles. The van der Waals surface area contributed by atoms with Gasteiger partial charge in [0.05, 0.1) is 6.20 Å². The molecule has 176 valence electrons. The Morgan fingerprint density at radius 1 is 1.33 bits per heavy atom. The number of pyridine rings is 1. The minimum absolute atomic E-state index is 0.0347. The first kappa shape index (κ1) is 27.1. The van der Waals surface area contributed by atoms with Crippen molar-refractivity contribution in [2.24, 2.45) is 5.92 Å². The predicted octanol–water partition coefficient (Wildman–Crippen LogP) is 5.14. The summed E-state index contributed by atoms with van der Waals surface area (Å²) in [5.74, 6) is -2.25. The molecule has 0 radical (unpaired) electrons. The van der Waals surface area contributed by atoms with E-state index in [0.717, 1.165) is 23.9 Å². The summed E-state index contributed by atoms with van der Waals surface area (Å²) in [6.07, 6.45) is 4.12. The topological polar surface area (TPSA) is 103 Å². The summed E-state index contributed by atoms with van der Waals surface area (Å²) in [5.41, 5.74) is 1.63. The number of carbonyl (C=O) groups is 1. The Labute approximate surface area is 205 Å². The van der Waals surface area contributed by atoms with Gasteiger partial charge < -0.3 is 15.1 Å². The van der Waals surface area contributed by atoms with Crippen molar-refractivity contribution in [1.82, 2.24) is 10.3 Å². The predicted molar refractivity (Wildman–Crippen MR) is 113 cm³/mol. The number of halogens is 2. The Kier molecular flexibility index (Phi) is 11.7. The van der Waals surface area contributed by atoms with E-state index in [1.165, 1.54) is 6.92 Å². The van der Waals surface area contributed by atoms with Gasteiger partial charge in [-0.2, -0.15) is 30.3 Å². The van der Waals surface area contributed by atoms with Crippen molar-refractivity contribution < 1.29 is 50.3 Å². The fourth-order valence-electron chi connectivity index (χ4n) is 3.18. The molecule has 0 spiro atoms. The Hall–Kier alpha value is -2.15. The van der Waals surface area contributed by atoms with Crippen LogP contribution in [0.4, 0.5) is 8.78 Å². The summed E-state index contributed by atoms with van der Waals surface area (Å²) in [6, 6.07) is 13.9. The summed E-state index contributed by atoms with van der Waals surface area (Å²) >= 11 is -2.51. The number of hydrogen-bond donors (Lipinski definition) is 1. The molecular formula is C23H25F2N3O4U-2. The van der Waals surface area contributed by atoms with Crippen LogP contribution in [0.5, 0.6) is 0 Å². The summed E-state index contributed by atoms with van der Waals surface area (Å²) in [6.45, 7) is 3.43. The fourth-order valence-corrected chi connectivity index (χ4v) is 3.18. The Morgan fingerprint density at radius 3 is 2.67 bits per heavy atom. The van der Waals surface area contributed by atoms with Crippen LogP contribution in [0.1, 0.15) is 42.3 Å². The van der Waals surface area contributed by atoms with Gasteiger partial charge in [-0.15, -0.1) is 18.7 Å². The molecule has 4 rings (SSSR count). The number of nitrogens with one attached hydrogen (secondary N) is 1. The van der Waals surface area contributed by atoms with Crippen LogP contribution >= 0.6 is 0 Å². The van der Waals surface area contributed by atoms with Crippen LogP contribution in [0.3, 0.4) is 0 Å². The third kappa shape index (κ3) is 9.70. The monoisotopic (exact) mass is 683 g/mol. The Bertz CT molecular complexity index is 1000. The van der Waals surface area contributed by atoms with Crippen LogP contribution in [0.15, 0.2) is 53.2 Å². The molecule has 3 heterocycles. The molecule has 2 aromatic heterocycles. The van der Waals surface area contributed by atoms with E-state index >= 15 is 0 Å². The number of carbonyl (C=O) groups excluding carboxylic acids is 1. The molecule has 1 amide bonds. The first-order valence-corrected chi connectivity index (χ1v) is 13.9. The van der Waals surface area contributed by atoms with Crippen molar-refractivity contribution in [2.45, 2.75) is 38.7 Å². The molecule has 1 unspecified atom stereocenters. The van der Waals surface area contributed by atoms with Crippen LogP contribution in [0.25, 0.3) is 16.3 Å². The van der Waals surface area contributed by atoms with Crippen LogP contribution < -0.4 is 5.32 Å². The molecule has 1 aliphatic rings. The number of nitrogens with zero attached hydrogens (tertiary/aromatic N) is 2. The van der Waals surface area contributed by atoms with Crippen LogP contribution in [-0.4, -0.2) is 29.9 Å². The Morgan fingerprint density at radius 2 is 2.06 bits per heavy atom. The number of aromatic nitrogens is 1. The number of furan rings is 1. The van der Waals surface area contributed by atoms with Crippen LogP contribution in [0, 0.1) is 39.8 Å². The standard InChI is InChI=1S/C15H11N2O2.C8H14F2N.2O.U/c18-15(17-9-11-4-2-1-3-5-11)13-8-12-6-7-16-10-14(12)19-13;1-2-8(9,10)5-7-3-4-11-6-7;;;/h2-8,10H,9H2,(H,17,18);7H,2-6H2,1H3;;;/q2*-1;;;. The average molecular weight is 683 g/mol. The second kappa shape index (κ2) is 14.2. The van der Waals surface area contributed by atoms with E-state index < -0.39 is 33.7 Å². The molecule has 1 fully saturated rings. The van der Waals surface area contributed by atoms with Gasteiger partial charge in [-0.1, -0.05) is 19.3 Å². The molecule has 0 bridgehead atoms. The summed E-state index contributed by atoms with van der Waals surface area (Å²) in [4.78, 5) is 15.9. The molecule has 1 N–H and O–H groups in total. The molecule has 1 saturated heterocycles. The second-order valence-electron chi connectivity index (χ2n) is 7.40. The fraction of sp³-hybridized carbons (Fsp3) is 0.391. The van der Waals surface area contributed by atoms with Gasteiger partial charge in [-0.3, -0.25) is 9.78 Å². The maximum atomic E-state index is 12.8. The van der Waals surface area contributed by atoms with Crippen LogP contribution in [-0.2, 0) is 11.0 Å². The number of rotatable bonds is 6. The van der Waals surface area contributed by atoms with Gasteiger partial charge >= 0.3 is 32.3 Å². The van der Waals surface area contributed by atoms with Gasteiger partial charge in [0.25, 0.3) is 5.91 Å². The van der Waals surface area contributed by atoms with E-state index in [1.807, 2.05) is 30.3 Å². The van der Waals surface area contributed by atoms with Gasteiger partial charge in [0.15, 0.2) is 11.3 Å². The van der Waals surface area contributed by atoms with Gasteiger partial charge in [0.2, 0.25) is 5.92 Å². The zero-order valence-corrected chi connectivity index (χ0v) is 22.4. The van der Waals surface area contributed by atoms with Crippen molar-refractivity contribution in [3.8, 4) is 0 Å². The van der Waals surface area contributed by atoms with E-state index in [-0.39, 0.29) is 24.7 Å². The van der Waals surface area contributed by atoms with Crippen molar-refractivity contribution in [1.29, 1.82) is 0 Å². The van der Waals surface area contributed by atoms with Crippen molar-refractivity contribution in [3.05, 3.63) is 71.5 Å². The molecule has 33 heavy (non-hydrogen) atoms. The number of hydrogen-bond acceptors (Lipinski definition) is 5. The molecule has 0 saturated carbocycles. The average Bonchev–Trinajstić information content (AvgIpc) is 3.48. The summed E-state index contributed by atoms with van der Waals surface area (Å²) < 4.78 is 48.1. The van der Waals surface area contributed by atoms with Crippen molar-refractivity contribution >= 4 is 16.9 Å². The SMILES string of the molecule is CCC(F)(F)CC1CC[N-]C1.O=C(NCc1cc[c-]cc1)c1cc2ccncc2o1.[O]=[U]=[O]. The molecular weight excluding hydrogens is 658 g/mol. The third-order valence-electron chi connectivity index (χ3n) is 4.97. The molecule has 3 aromatic rings. The second-order valence-corrected chi connectivity index (χ2v) is 8.09. The van der Waals surface area contributed by atoms with Gasteiger partial charge in [0.1, 0.15) is 0 Å². The Balaban J connectivity index is 0.000000234. The van der Waals surface area contributed by atoms with Crippen molar-refractivity contribution in [2.75, 3.05) is 13.1 Å². The van der Waals surface area contributed by atoms with E-state index in [1.54, 1.807) is 18.5 Å². The van der Waals surface area contributed by atoms with E-state index in [9.17, 15) is 13.6 Å². The molecule has 1 atom stereocenters. The van der Waals surface area contributed by atoms with E-state index in [0.29, 0.717) is 24.4 Å². The molecule has 7 nitrogen and oxygen atoms in total. The number of benzene rings is 1. The molecule has 1 aromatic carbocycles. The zero-order chi connectivity index (χ0) is 24.1. The van der Waals surface area contributed by atoms with Gasteiger partial charge in [-0.25, -0.2) is 8.78 Å². The van der Waals surface area contributed by atoms with Crippen molar-refractivity contribution in [3.63, 3.8) is 0 Å². The molecule has 1 aliphatic heterocycles. The zero-order valence-electron chi connectivity index (χ0n) is 18.2. The summed E-state index contributed by atoms with van der Waals surface area (Å²) in [7, 11) is 0. The van der Waals surface area contributed by atoms with Gasteiger partial charge in [-0.05, 0) is 12.1 Å². The summed E-state index contributed by atoms with van der Waals surface area (Å²) in [5, 5.41) is 7.73. The number of amides is 1. The molecule has 10 heteroatoms. The normalized spacial score (nSPS) is 14.9.